The second-order valence-corrected chi connectivity index (χ2v) is 7.61. The molecular formula is C21H25N5O. The number of benzene rings is 1. The van der Waals surface area contributed by atoms with Crippen molar-refractivity contribution >= 4 is 22.8 Å². The summed E-state index contributed by atoms with van der Waals surface area (Å²) < 4.78 is 2.16. The number of aromatic hydroxyl groups is 1. The Morgan fingerprint density at radius 1 is 0.852 bits per heavy atom. The summed E-state index contributed by atoms with van der Waals surface area (Å²) in [5, 5.41) is 10.7. The summed E-state index contributed by atoms with van der Waals surface area (Å²) in [4.78, 5) is 14.7. The second kappa shape index (κ2) is 6.44. The minimum atomic E-state index is 0.284. The molecule has 0 aliphatic carbocycles. The third-order valence-electron chi connectivity index (χ3n) is 5.81. The van der Waals surface area contributed by atoms with E-state index in [9.17, 15) is 5.11 Å². The van der Waals surface area contributed by atoms with Gasteiger partial charge in [-0.1, -0.05) is 0 Å². The average molecular weight is 363 g/mol. The molecule has 2 aliphatic heterocycles. The summed E-state index contributed by atoms with van der Waals surface area (Å²) >= 11 is 0. The number of aryl methyl sites for hydroxylation is 1. The molecule has 0 saturated carbocycles. The molecular weight excluding hydrogens is 338 g/mol. The highest BCUT2D eigenvalue weighted by Crippen LogP contribution is 2.35. The molecule has 0 radical (unpaired) electrons. The highest BCUT2D eigenvalue weighted by Gasteiger charge is 2.24. The van der Waals surface area contributed by atoms with Crippen molar-refractivity contribution in [3.63, 3.8) is 0 Å². The van der Waals surface area contributed by atoms with Crippen molar-refractivity contribution in [1.82, 2.24) is 14.5 Å². The number of phenols is 1. The maximum atomic E-state index is 9.62. The van der Waals surface area contributed by atoms with Crippen molar-refractivity contribution in [3.8, 4) is 17.0 Å². The molecule has 2 saturated heterocycles. The number of aromatic nitrogens is 3. The third kappa shape index (κ3) is 2.80. The number of rotatable bonds is 3. The van der Waals surface area contributed by atoms with E-state index in [2.05, 4.69) is 27.5 Å². The maximum Gasteiger partial charge on any atom is 0.229 e. The van der Waals surface area contributed by atoms with Crippen molar-refractivity contribution in [3.05, 3.63) is 30.3 Å². The summed E-state index contributed by atoms with van der Waals surface area (Å²) in [5.74, 6) is 2.21. The van der Waals surface area contributed by atoms with Crippen LogP contribution < -0.4 is 9.80 Å². The van der Waals surface area contributed by atoms with Gasteiger partial charge in [0.05, 0.1) is 11.1 Å². The van der Waals surface area contributed by atoms with Gasteiger partial charge in [-0.25, -0.2) is 0 Å². The van der Waals surface area contributed by atoms with Gasteiger partial charge in [0.15, 0.2) is 0 Å². The van der Waals surface area contributed by atoms with Crippen LogP contribution in [0.2, 0.25) is 0 Å². The zero-order chi connectivity index (χ0) is 18.4. The van der Waals surface area contributed by atoms with Crippen LogP contribution >= 0.6 is 0 Å². The van der Waals surface area contributed by atoms with E-state index in [1.54, 1.807) is 12.1 Å². The molecule has 2 aliphatic rings. The molecule has 0 amide bonds. The molecule has 2 aromatic heterocycles. The normalized spacial score (nSPS) is 17.4. The molecule has 6 heteroatoms. The first-order chi connectivity index (χ1) is 13.2. The quantitative estimate of drug-likeness (QED) is 0.771. The van der Waals surface area contributed by atoms with E-state index in [-0.39, 0.29) is 5.75 Å². The lowest BCUT2D eigenvalue weighted by atomic mass is 10.1. The van der Waals surface area contributed by atoms with Gasteiger partial charge >= 0.3 is 0 Å². The van der Waals surface area contributed by atoms with Crippen molar-refractivity contribution in [2.24, 2.45) is 7.05 Å². The second-order valence-electron chi connectivity index (χ2n) is 7.61. The van der Waals surface area contributed by atoms with Gasteiger partial charge in [0.25, 0.3) is 0 Å². The summed E-state index contributed by atoms with van der Waals surface area (Å²) in [5.41, 5.74) is 3.15. The molecule has 5 rings (SSSR count). The number of hydrogen-bond acceptors (Lipinski definition) is 5. The molecule has 0 bridgehead atoms. The monoisotopic (exact) mass is 363 g/mol. The molecule has 27 heavy (non-hydrogen) atoms. The topological polar surface area (TPSA) is 57.4 Å². The molecule has 6 nitrogen and oxygen atoms in total. The van der Waals surface area contributed by atoms with E-state index in [4.69, 9.17) is 9.97 Å². The van der Waals surface area contributed by atoms with Crippen molar-refractivity contribution in [1.29, 1.82) is 0 Å². The first-order valence-corrected chi connectivity index (χ1v) is 9.87. The minimum absolute atomic E-state index is 0.284. The van der Waals surface area contributed by atoms with E-state index >= 15 is 0 Å². The highest BCUT2D eigenvalue weighted by atomic mass is 16.3. The van der Waals surface area contributed by atoms with E-state index in [1.165, 1.54) is 25.7 Å². The van der Waals surface area contributed by atoms with Crippen molar-refractivity contribution in [2.75, 3.05) is 36.0 Å². The van der Waals surface area contributed by atoms with Crippen LogP contribution in [0.15, 0.2) is 30.3 Å². The fourth-order valence-corrected chi connectivity index (χ4v) is 4.31. The predicted octanol–water partition coefficient (Wildman–Crippen LogP) is 3.54. The Morgan fingerprint density at radius 3 is 2.15 bits per heavy atom. The smallest absolute Gasteiger partial charge is 0.229 e. The van der Waals surface area contributed by atoms with Crippen molar-refractivity contribution < 1.29 is 5.11 Å². The van der Waals surface area contributed by atoms with Crippen LogP contribution in [0.25, 0.3) is 22.3 Å². The van der Waals surface area contributed by atoms with Gasteiger partial charge < -0.3 is 19.5 Å². The number of phenolic OH excluding ortho intramolecular Hbond substituents is 1. The summed E-state index contributed by atoms with van der Waals surface area (Å²) in [6, 6.07) is 9.57. The zero-order valence-corrected chi connectivity index (χ0v) is 15.7. The van der Waals surface area contributed by atoms with E-state index < -0.39 is 0 Å². The van der Waals surface area contributed by atoms with Gasteiger partial charge in [-0.05, 0) is 61.6 Å². The number of hydrogen-bond donors (Lipinski definition) is 1. The number of anilines is 2. The Labute approximate surface area is 159 Å². The molecule has 0 atom stereocenters. The number of nitrogens with zero attached hydrogens (tertiary/aromatic N) is 5. The highest BCUT2D eigenvalue weighted by molar-refractivity contribution is 5.94. The Kier molecular flexibility index (Phi) is 3.92. The van der Waals surface area contributed by atoms with Crippen LogP contribution in [0.1, 0.15) is 25.7 Å². The molecule has 0 spiro atoms. The Balaban J connectivity index is 1.69. The molecule has 2 fully saturated rings. The SMILES string of the molecule is Cn1c(-c2ccc(O)cc2)cc2c(N3CCCC3)nc(N3CCCC3)nc21. The maximum absolute atomic E-state index is 9.62. The van der Waals surface area contributed by atoms with E-state index in [1.807, 2.05) is 12.1 Å². The lowest BCUT2D eigenvalue weighted by molar-refractivity contribution is 0.475. The van der Waals surface area contributed by atoms with Crippen molar-refractivity contribution in [2.45, 2.75) is 25.7 Å². The fourth-order valence-electron chi connectivity index (χ4n) is 4.31. The molecule has 1 N–H and O–H groups in total. The van der Waals surface area contributed by atoms with Gasteiger partial charge in [-0.3, -0.25) is 0 Å². The standard InChI is InChI=1S/C21H25N5O/c1-24-18(15-6-8-16(27)9-7-15)14-17-19(24)22-21(26-12-4-5-13-26)23-20(17)25-10-2-3-11-25/h6-9,14,27H,2-5,10-13H2,1H3. The zero-order valence-electron chi connectivity index (χ0n) is 15.7. The van der Waals surface area contributed by atoms with Gasteiger partial charge in [0.2, 0.25) is 5.95 Å². The molecule has 1 aromatic carbocycles. The van der Waals surface area contributed by atoms with E-state index in [0.29, 0.717) is 0 Å². The Hall–Kier alpha value is -2.76. The minimum Gasteiger partial charge on any atom is -0.508 e. The first-order valence-electron chi connectivity index (χ1n) is 9.87. The summed E-state index contributed by atoms with van der Waals surface area (Å²) in [7, 11) is 2.07. The van der Waals surface area contributed by atoms with Gasteiger partial charge in [0.1, 0.15) is 17.2 Å². The molecule has 3 aromatic rings. The van der Waals surface area contributed by atoms with Gasteiger partial charge in [-0.2, -0.15) is 9.97 Å². The predicted molar refractivity (Wildman–Crippen MR) is 109 cm³/mol. The molecule has 4 heterocycles. The Morgan fingerprint density at radius 2 is 1.48 bits per heavy atom. The largest absolute Gasteiger partial charge is 0.508 e. The van der Waals surface area contributed by atoms with Gasteiger partial charge in [-0.15, -0.1) is 0 Å². The van der Waals surface area contributed by atoms with Crippen LogP contribution in [0.5, 0.6) is 5.75 Å². The van der Waals surface area contributed by atoms with Crippen LogP contribution in [0.4, 0.5) is 11.8 Å². The lowest BCUT2D eigenvalue weighted by Gasteiger charge is -2.21. The average Bonchev–Trinajstić information content (AvgIpc) is 3.44. The van der Waals surface area contributed by atoms with E-state index in [0.717, 1.165) is 60.2 Å². The molecule has 0 unspecified atom stereocenters. The first kappa shape index (κ1) is 16.4. The van der Waals surface area contributed by atoms with Crippen LogP contribution in [0, 0.1) is 0 Å². The number of fused-ring (bicyclic) bond motifs is 1. The summed E-state index contributed by atoms with van der Waals surface area (Å²) in [6.45, 7) is 4.21. The van der Waals surface area contributed by atoms with Crippen LogP contribution in [0.3, 0.4) is 0 Å². The lowest BCUT2D eigenvalue weighted by Crippen LogP contribution is -2.24. The van der Waals surface area contributed by atoms with Gasteiger partial charge in [0, 0.05) is 33.2 Å². The summed E-state index contributed by atoms with van der Waals surface area (Å²) in [6.07, 6.45) is 4.88. The third-order valence-corrected chi connectivity index (χ3v) is 5.81. The Bertz CT molecular complexity index is 966. The molecule has 140 valence electrons. The van der Waals surface area contributed by atoms with Crippen LogP contribution in [-0.4, -0.2) is 45.8 Å². The van der Waals surface area contributed by atoms with Crippen LogP contribution in [-0.2, 0) is 7.05 Å². The fraction of sp³-hybridized carbons (Fsp3) is 0.429.